The van der Waals surface area contributed by atoms with Crippen molar-refractivity contribution in [3.63, 3.8) is 0 Å². The summed E-state index contributed by atoms with van der Waals surface area (Å²) >= 11 is 5.69. The monoisotopic (exact) mass is 236 g/mol. The van der Waals surface area contributed by atoms with Crippen molar-refractivity contribution in [2.24, 2.45) is 0 Å². The fourth-order valence-corrected chi connectivity index (χ4v) is 1.30. The third kappa shape index (κ3) is 2.61. The molecular weight excluding hydrogens is 228 g/mol. The van der Waals surface area contributed by atoms with E-state index in [0.717, 1.165) is 0 Å². The molecule has 0 unspecified atom stereocenters. The summed E-state index contributed by atoms with van der Waals surface area (Å²) in [5.41, 5.74) is 0. The van der Waals surface area contributed by atoms with Crippen molar-refractivity contribution in [2.45, 2.75) is 0 Å². The van der Waals surface area contributed by atoms with Crippen LogP contribution in [0.25, 0.3) is 0 Å². The molecule has 0 radical (unpaired) electrons. The van der Waals surface area contributed by atoms with E-state index in [-0.39, 0.29) is 0 Å². The molecule has 0 atom stereocenters. The fourth-order valence-electron chi connectivity index (χ4n) is 1.16. The topological polar surface area (TPSA) is 44.2 Å². The largest absolute Gasteiger partial charge is 0.497 e. The maximum Gasteiger partial charge on any atom is 0.239 e. The van der Waals surface area contributed by atoms with Gasteiger partial charge in [0, 0.05) is 6.07 Å². The van der Waals surface area contributed by atoms with Crippen LogP contribution in [-0.4, -0.2) is 17.1 Å². The maximum absolute atomic E-state index is 5.69. The highest BCUT2D eigenvalue weighted by molar-refractivity contribution is 6.29. The van der Waals surface area contributed by atoms with Gasteiger partial charge in [0.05, 0.1) is 19.5 Å². The summed E-state index contributed by atoms with van der Waals surface area (Å²) in [6.45, 7) is 0. The van der Waals surface area contributed by atoms with Crippen LogP contribution < -0.4 is 9.47 Å². The minimum absolute atomic E-state index is 0.292. The van der Waals surface area contributed by atoms with E-state index in [2.05, 4.69) is 9.97 Å². The summed E-state index contributed by atoms with van der Waals surface area (Å²) < 4.78 is 10.5. The van der Waals surface area contributed by atoms with Crippen LogP contribution in [0.5, 0.6) is 17.4 Å². The van der Waals surface area contributed by atoms with E-state index in [4.69, 9.17) is 21.1 Å². The standard InChI is InChI=1S/C11H9ClN2O2/c1-15-8-3-2-4-9(5-8)16-11-7-13-6-10(12)14-11/h2-7H,1H3. The molecular formula is C11H9ClN2O2. The van der Waals surface area contributed by atoms with E-state index in [1.807, 2.05) is 12.1 Å². The van der Waals surface area contributed by atoms with Crippen molar-refractivity contribution in [3.05, 3.63) is 41.8 Å². The van der Waals surface area contributed by atoms with Crippen LogP contribution >= 0.6 is 11.6 Å². The first kappa shape index (κ1) is 10.7. The zero-order valence-corrected chi connectivity index (χ0v) is 9.31. The molecule has 2 rings (SSSR count). The molecule has 0 saturated carbocycles. The summed E-state index contributed by atoms with van der Waals surface area (Å²) in [4.78, 5) is 7.84. The molecule has 4 nitrogen and oxygen atoms in total. The number of nitrogens with zero attached hydrogens (tertiary/aromatic N) is 2. The lowest BCUT2D eigenvalue weighted by molar-refractivity contribution is 0.407. The normalized spacial score (nSPS) is 9.88. The summed E-state index contributed by atoms with van der Waals surface area (Å²) in [6.07, 6.45) is 2.94. The highest BCUT2D eigenvalue weighted by Crippen LogP contribution is 2.23. The Morgan fingerprint density at radius 1 is 1.19 bits per heavy atom. The van der Waals surface area contributed by atoms with Crippen molar-refractivity contribution in [3.8, 4) is 17.4 Å². The van der Waals surface area contributed by atoms with Gasteiger partial charge in [-0.1, -0.05) is 17.7 Å². The molecule has 16 heavy (non-hydrogen) atoms. The van der Waals surface area contributed by atoms with Crippen molar-refractivity contribution >= 4 is 11.6 Å². The van der Waals surface area contributed by atoms with Crippen molar-refractivity contribution in [1.29, 1.82) is 0 Å². The van der Waals surface area contributed by atoms with E-state index in [1.165, 1.54) is 12.4 Å². The Kier molecular flexibility index (Phi) is 3.22. The van der Waals surface area contributed by atoms with E-state index >= 15 is 0 Å². The first-order chi connectivity index (χ1) is 7.78. The van der Waals surface area contributed by atoms with Gasteiger partial charge in [0.2, 0.25) is 5.88 Å². The van der Waals surface area contributed by atoms with Crippen LogP contribution in [0.15, 0.2) is 36.7 Å². The van der Waals surface area contributed by atoms with Gasteiger partial charge >= 0.3 is 0 Å². The first-order valence-electron chi connectivity index (χ1n) is 4.57. The number of ether oxygens (including phenoxy) is 2. The van der Waals surface area contributed by atoms with Gasteiger partial charge in [-0.05, 0) is 12.1 Å². The van der Waals surface area contributed by atoms with E-state index in [1.54, 1.807) is 19.2 Å². The quantitative estimate of drug-likeness (QED) is 0.822. The average molecular weight is 237 g/mol. The van der Waals surface area contributed by atoms with Gasteiger partial charge in [0.25, 0.3) is 0 Å². The smallest absolute Gasteiger partial charge is 0.239 e. The summed E-state index contributed by atoms with van der Waals surface area (Å²) in [7, 11) is 1.60. The van der Waals surface area contributed by atoms with Crippen molar-refractivity contribution in [1.82, 2.24) is 9.97 Å². The molecule has 0 N–H and O–H groups in total. The Hall–Kier alpha value is -1.81. The number of hydrogen-bond donors (Lipinski definition) is 0. The Labute approximate surface area is 97.8 Å². The second-order valence-electron chi connectivity index (χ2n) is 2.96. The minimum atomic E-state index is 0.292. The molecule has 0 amide bonds. The maximum atomic E-state index is 5.69. The van der Waals surface area contributed by atoms with E-state index in [9.17, 15) is 0 Å². The number of benzene rings is 1. The highest BCUT2D eigenvalue weighted by atomic mass is 35.5. The predicted molar refractivity (Wildman–Crippen MR) is 60.1 cm³/mol. The SMILES string of the molecule is COc1cccc(Oc2cncc(Cl)n2)c1. The second kappa shape index (κ2) is 4.81. The van der Waals surface area contributed by atoms with Gasteiger partial charge in [-0.25, -0.2) is 0 Å². The summed E-state index contributed by atoms with van der Waals surface area (Å²) in [6, 6.07) is 7.20. The van der Waals surface area contributed by atoms with Crippen LogP contribution in [0, 0.1) is 0 Å². The number of hydrogen-bond acceptors (Lipinski definition) is 4. The number of rotatable bonds is 3. The summed E-state index contributed by atoms with van der Waals surface area (Å²) in [5, 5.41) is 0.292. The lowest BCUT2D eigenvalue weighted by Crippen LogP contribution is -1.90. The predicted octanol–water partition coefficient (Wildman–Crippen LogP) is 2.93. The van der Waals surface area contributed by atoms with Gasteiger partial charge in [-0.15, -0.1) is 0 Å². The molecule has 0 aliphatic heterocycles. The molecule has 0 bridgehead atoms. The molecule has 0 aliphatic rings. The van der Waals surface area contributed by atoms with Crippen molar-refractivity contribution < 1.29 is 9.47 Å². The average Bonchev–Trinajstić information content (AvgIpc) is 2.29. The fraction of sp³-hybridized carbons (Fsp3) is 0.0909. The molecule has 1 heterocycles. The van der Waals surface area contributed by atoms with Gasteiger partial charge in [-0.2, -0.15) is 4.98 Å². The molecule has 0 aliphatic carbocycles. The molecule has 2 aromatic rings. The lowest BCUT2D eigenvalue weighted by Gasteiger charge is -2.05. The van der Waals surface area contributed by atoms with Gasteiger partial charge < -0.3 is 9.47 Å². The molecule has 82 valence electrons. The molecule has 1 aromatic carbocycles. The van der Waals surface area contributed by atoms with E-state index < -0.39 is 0 Å². The number of aromatic nitrogens is 2. The Morgan fingerprint density at radius 2 is 2.00 bits per heavy atom. The van der Waals surface area contributed by atoms with Crippen LogP contribution in [0.3, 0.4) is 0 Å². The van der Waals surface area contributed by atoms with Crippen LogP contribution in [0.1, 0.15) is 0 Å². The minimum Gasteiger partial charge on any atom is -0.497 e. The Bertz CT molecular complexity index is 491. The third-order valence-corrected chi connectivity index (χ3v) is 2.03. The highest BCUT2D eigenvalue weighted by Gasteiger charge is 2.01. The first-order valence-corrected chi connectivity index (χ1v) is 4.95. The van der Waals surface area contributed by atoms with Crippen LogP contribution in [0.4, 0.5) is 0 Å². The van der Waals surface area contributed by atoms with Crippen LogP contribution in [-0.2, 0) is 0 Å². The Morgan fingerprint density at radius 3 is 2.75 bits per heavy atom. The molecule has 1 aromatic heterocycles. The molecule has 0 fully saturated rings. The lowest BCUT2D eigenvalue weighted by atomic mass is 10.3. The third-order valence-electron chi connectivity index (χ3n) is 1.85. The Balaban J connectivity index is 2.20. The van der Waals surface area contributed by atoms with Gasteiger partial charge in [0.1, 0.15) is 11.5 Å². The van der Waals surface area contributed by atoms with Gasteiger partial charge in [0.15, 0.2) is 5.15 Å². The van der Waals surface area contributed by atoms with Gasteiger partial charge in [-0.3, -0.25) is 4.98 Å². The zero-order valence-electron chi connectivity index (χ0n) is 8.55. The molecule has 0 spiro atoms. The molecule has 5 heteroatoms. The molecule has 0 saturated heterocycles. The van der Waals surface area contributed by atoms with Crippen molar-refractivity contribution in [2.75, 3.05) is 7.11 Å². The zero-order chi connectivity index (χ0) is 11.4. The summed E-state index contributed by atoms with van der Waals surface area (Å²) in [5.74, 6) is 1.68. The second-order valence-corrected chi connectivity index (χ2v) is 3.35. The number of methoxy groups -OCH3 is 1. The van der Waals surface area contributed by atoms with Crippen LogP contribution in [0.2, 0.25) is 5.15 Å². The number of halogens is 1. The van der Waals surface area contributed by atoms with E-state index in [0.29, 0.717) is 22.5 Å².